The van der Waals surface area contributed by atoms with Gasteiger partial charge in [0.05, 0.1) is 4.90 Å². The first-order chi connectivity index (χ1) is 13.0. The van der Waals surface area contributed by atoms with E-state index in [0.717, 1.165) is 12.1 Å². The summed E-state index contributed by atoms with van der Waals surface area (Å²) in [5.41, 5.74) is 2.74. The summed E-state index contributed by atoms with van der Waals surface area (Å²) in [6, 6.07) is 14.2. The summed E-state index contributed by atoms with van der Waals surface area (Å²) in [6.07, 6.45) is 2.57. The highest BCUT2D eigenvalue weighted by molar-refractivity contribution is 7.89. The van der Waals surface area contributed by atoms with Crippen LogP contribution in [0.2, 0.25) is 0 Å². The second-order valence-corrected chi connectivity index (χ2v) is 8.60. The zero-order chi connectivity index (χ0) is 19.3. The van der Waals surface area contributed by atoms with Gasteiger partial charge in [0.15, 0.2) is 0 Å². The summed E-state index contributed by atoms with van der Waals surface area (Å²) in [5, 5.41) is 2.87. The molecule has 2 aromatic rings. The molecule has 3 rings (SSSR count). The van der Waals surface area contributed by atoms with Crippen molar-refractivity contribution in [1.29, 1.82) is 0 Å². The van der Waals surface area contributed by atoms with Crippen molar-refractivity contribution in [2.45, 2.75) is 30.8 Å². The number of nitrogens with zero attached hydrogens (tertiary/aromatic N) is 1. The van der Waals surface area contributed by atoms with Gasteiger partial charge in [-0.1, -0.05) is 24.3 Å². The molecule has 1 aliphatic rings. The van der Waals surface area contributed by atoms with Crippen LogP contribution in [-0.4, -0.2) is 39.4 Å². The fourth-order valence-electron chi connectivity index (χ4n) is 3.15. The lowest BCUT2D eigenvalue weighted by Crippen LogP contribution is -2.23. The van der Waals surface area contributed by atoms with Gasteiger partial charge in [0.25, 0.3) is 5.91 Å². The number of carbonyl (C=O) groups is 1. The van der Waals surface area contributed by atoms with Crippen LogP contribution in [0.5, 0.6) is 0 Å². The number of nitrogens with one attached hydrogen (secondary N) is 2. The van der Waals surface area contributed by atoms with Gasteiger partial charge < -0.3 is 5.32 Å². The SMILES string of the molecule is CNS(=O)(=O)c1ccc(C(=O)NCc2ccc(CN3CCCC3)cc2)cc1. The lowest BCUT2D eigenvalue weighted by atomic mass is 10.1. The Morgan fingerprint density at radius 1 is 0.963 bits per heavy atom. The Morgan fingerprint density at radius 3 is 2.15 bits per heavy atom. The van der Waals surface area contributed by atoms with Gasteiger partial charge in [0.1, 0.15) is 0 Å². The fraction of sp³-hybridized carbons (Fsp3) is 0.350. The molecule has 27 heavy (non-hydrogen) atoms. The van der Waals surface area contributed by atoms with Gasteiger partial charge in [-0.2, -0.15) is 0 Å². The summed E-state index contributed by atoms with van der Waals surface area (Å²) in [7, 11) is -2.14. The van der Waals surface area contributed by atoms with Crippen molar-refractivity contribution >= 4 is 15.9 Å². The maximum Gasteiger partial charge on any atom is 0.251 e. The van der Waals surface area contributed by atoms with Crippen LogP contribution in [0, 0.1) is 0 Å². The molecule has 144 valence electrons. The van der Waals surface area contributed by atoms with Gasteiger partial charge in [0, 0.05) is 18.7 Å². The van der Waals surface area contributed by atoms with Gasteiger partial charge in [-0.15, -0.1) is 0 Å². The summed E-state index contributed by atoms with van der Waals surface area (Å²) >= 11 is 0. The predicted molar refractivity (Wildman–Crippen MR) is 105 cm³/mol. The largest absolute Gasteiger partial charge is 0.348 e. The van der Waals surface area contributed by atoms with E-state index < -0.39 is 10.0 Å². The van der Waals surface area contributed by atoms with E-state index in [1.54, 1.807) is 0 Å². The molecule has 1 heterocycles. The first kappa shape index (κ1) is 19.5. The van der Waals surface area contributed by atoms with Gasteiger partial charge >= 0.3 is 0 Å². The van der Waals surface area contributed by atoms with Crippen LogP contribution >= 0.6 is 0 Å². The molecule has 1 fully saturated rings. The lowest BCUT2D eigenvalue weighted by molar-refractivity contribution is 0.0951. The Kier molecular flexibility index (Phi) is 6.26. The van der Waals surface area contributed by atoms with Crippen LogP contribution in [0.25, 0.3) is 0 Å². The molecule has 7 heteroatoms. The van der Waals surface area contributed by atoms with E-state index in [-0.39, 0.29) is 10.8 Å². The van der Waals surface area contributed by atoms with E-state index in [1.807, 2.05) is 12.1 Å². The van der Waals surface area contributed by atoms with Crippen LogP contribution < -0.4 is 10.0 Å². The topological polar surface area (TPSA) is 78.5 Å². The van der Waals surface area contributed by atoms with E-state index in [1.165, 1.54) is 62.8 Å². The molecule has 0 bridgehead atoms. The fourth-order valence-corrected chi connectivity index (χ4v) is 3.88. The molecule has 0 aliphatic carbocycles. The third kappa shape index (κ3) is 5.15. The van der Waals surface area contributed by atoms with E-state index in [2.05, 4.69) is 27.1 Å². The van der Waals surface area contributed by atoms with Crippen LogP contribution in [0.15, 0.2) is 53.4 Å². The molecular formula is C20H25N3O3S. The zero-order valence-corrected chi connectivity index (χ0v) is 16.3. The Bertz CT molecular complexity index is 872. The Hall–Kier alpha value is -2.22. The van der Waals surface area contributed by atoms with Crippen molar-refractivity contribution in [1.82, 2.24) is 14.9 Å². The average Bonchev–Trinajstić information content (AvgIpc) is 3.20. The lowest BCUT2D eigenvalue weighted by Gasteiger charge is -2.14. The Balaban J connectivity index is 1.54. The summed E-state index contributed by atoms with van der Waals surface area (Å²) < 4.78 is 25.7. The van der Waals surface area contributed by atoms with E-state index in [4.69, 9.17) is 0 Å². The molecule has 1 aliphatic heterocycles. The van der Waals surface area contributed by atoms with Gasteiger partial charge in [-0.25, -0.2) is 13.1 Å². The first-order valence-electron chi connectivity index (χ1n) is 9.10. The maximum atomic E-state index is 12.3. The number of likely N-dealkylation sites (tertiary alicyclic amines) is 1. The van der Waals surface area contributed by atoms with Gasteiger partial charge in [-0.3, -0.25) is 9.69 Å². The average molecular weight is 388 g/mol. The molecule has 0 aromatic heterocycles. The smallest absolute Gasteiger partial charge is 0.251 e. The second kappa shape index (κ2) is 8.65. The van der Waals surface area contributed by atoms with Crippen molar-refractivity contribution in [2.24, 2.45) is 0 Å². The van der Waals surface area contributed by atoms with E-state index in [9.17, 15) is 13.2 Å². The normalized spacial score (nSPS) is 15.0. The molecule has 1 amide bonds. The van der Waals surface area contributed by atoms with Crippen molar-refractivity contribution in [3.8, 4) is 0 Å². The third-order valence-electron chi connectivity index (χ3n) is 4.78. The number of rotatable bonds is 7. The number of carbonyl (C=O) groups excluding carboxylic acids is 1. The molecule has 0 radical (unpaired) electrons. The highest BCUT2D eigenvalue weighted by atomic mass is 32.2. The minimum absolute atomic E-state index is 0.134. The molecule has 6 nitrogen and oxygen atoms in total. The second-order valence-electron chi connectivity index (χ2n) is 6.71. The van der Waals surface area contributed by atoms with E-state index in [0.29, 0.717) is 12.1 Å². The number of hydrogen-bond donors (Lipinski definition) is 2. The van der Waals surface area contributed by atoms with Gasteiger partial charge in [0.2, 0.25) is 10.0 Å². The van der Waals surface area contributed by atoms with Crippen LogP contribution in [-0.2, 0) is 23.1 Å². The van der Waals surface area contributed by atoms with E-state index >= 15 is 0 Å². The van der Waals surface area contributed by atoms with Crippen LogP contribution in [0.3, 0.4) is 0 Å². The molecule has 0 unspecified atom stereocenters. The monoisotopic (exact) mass is 387 g/mol. The molecule has 2 N–H and O–H groups in total. The Morgan fingerprint density at radius 2 is 1.56 bits per heavy atom. The minimum Gasteiger partial charge on any atom is -0.348 e. The maximum absolute atomic E-state index is 12.3. The number of sulfonamides is 1. The van der Waals surface area contributed by atoms with Crippen molar-refractivity contribution in [3.63, 3.8) is 0 Å². The highest BCUT2D eigenvalue weighted by Crippen LogP contribution is 2.14. The predicted octanol–water partition coefficient (Wildman–Crippen LogP) is 2.12. The first-order valence-corrected chi connectivity index (χ1v) is 10.6. The highest BCUT2D eigenvalue weighted by Gasteiger charge is 2.13. The quantitative estimate of drug-likeness (QED) is 0.763. The Labute approximate surface area is 160 Å². The molecular weight excluding hydrogens is 362 g/mol. The molecule has 2 aromatic carbocycles. The van der Waals surface area contributed by atoms with Crippen LogP contribution in [0.1, 0.15) is 34.3 Å². The standard InChI is InChI=1S/C20H25N3O3S/c1-21-27(25,26)19-10-8-18(9-11-19)20(24)22-14-16-4-6-17(7-5-16)15-23-12-2-3-13-23/h4-11,21H,2-3,12-15H2,1H3,(H,22,24). The van der Waals surface area contributed by atoms with Crippen LogP contribution in [0.4, 0.5) is 0 Å². The van der Waals surface area contributed by atoms with Crippen molar-refractivity contribution < 1.29 is 13.2 Å². The number of benzene rings is 2. The zero-order valence-electron chi connectivity index (χ0n) is 15.4. The third-order valence-corrected chi connectivity index (χ3v) is 6.21. The summed E-state index contributed by atoms with van der Waals surface area (Å²) in [4.78, 5) is 14.9. The summed E-state index contributed by atoms with van der Waals surface area (Å²) in [5.74, 6) is -0.232. The molecule has 0 saturated carbocycles. The number of amides is 1. The minimum atomic E-state index is -3.49. The number of hydrogen-bond acceptors (Lipinski definition) is 4. The summed E-state index contributed by atoms with van der Waals surface area (Å²) in [6.45, 7) is 3.76. The molecule has 0 spiro atoms. The molecule has 1 saturated heterocycles. The van der Waals surface area contributed by atoms with Crippen molar-refractivity contribution in [2.75, 3.05) is 20.1 Å². The van der Waals surface area contributed by atoms with Crippen molar-refractivity contribution in [3.05, 3.63) is 65.2 Å². The van der Waals surface area contributed by atoms with Gasteiger partial charge in [-0.05, 0) is 68.4 Å². The molecule has 0 atom stereocenters.